The molecule has 2 rings (SSSR count). The highest BCUT2D eigenvalue weighted by Crippen LogP contribution is 2.40. The largest absolute Gasteiger partial charge is 0.508 e. The first-order valence-electron chi connectivity index (χ1n) is 5.30. The summed E-state index contributed by atoms with van der Waals surface area (Å²) in [5.41, 5.74) is 4.71. The number of nitrogens with two attached hydrogens (primary N) is 1. The Hall–Kier alpha value is -1.82. The summed E-state index contributed by atoms with van der Waals surface area (Å²) in [5.74, 6) is 0.0673. The van der Waals surface area contributed by atoms with Gasteiger partial charge in [-0.1, -0.05) is 11.8 Å². The molecule has 2 nitrogen and oxygen atoms in total. The molecule has 0 fully saturated rings. The Morgan fingerprint density at radius 1 is 1.00 bits per heavy atom. The molecule has 0 amide bonds. The van der Waals surface area contributed by atoms with Crippen LogP contribution in [0.4, 0.5) is 18.9 Å². The molecule has 0 saturated carbocycles. The second-order valence-corrected chi connectivity index (χ2v) is 4.96. The molecule has 6 heteroatoms. The number of alkyl halides is 3. The van der Waals surface area contributed by atoms with Crippen molar-refractivity contribution in [3.8, 4) is 5.75 Å². The lowest BCUT2D eigenvalue weighted by Crippen LogP contribution is -2.07. The summed E-state index contributed by atoms with van der Waals surface area (Å²) in [7, 11) is 0. The van der Waals surface area contributed by atoms with Crippen LogP contribution in [0.1, 0.15) is 5.56 Å². The van der Waals surface area contributed by atoms with Crippen molar-refractivity contribution in [1.29, 1.82) is 0 Å². The zero-order chi connectivity index (χ0) is 14.0. The van der Waals surface area contributed by atoms with Gasteiger partial charge in [0.1, 0.15) is 5.75 Å². The standard InChI is InChI=1S/C13H10F3NOS/c14-13(15,16)11-7-8(17)1-6-12(11)19-10-4-2-9(18)3-5-10/h1-7,18H,17H2. The van der Waals surface area contributed by atoms with Crippen LogP contribution in [0, 0.1) is 0 Å². The summed E-state index contributed by atoms with van der Waals surface area (Å²) in [6.45, 7) is 0. The van der Waals surface area contributed by atoms with E-state index in [1.165, 1.54) is 24.3 Å². The third-order valence-electron chi connectivity index (χ3n) is 2.37. The van der Waals surface area contributed by atoms with Crippen molar-refractivity contribution < 1.29 is 18.3 Å². The highest BCUT2D eigenvalue weighted by Gasteiger charge is 2.33. The Morgan fingerprint density at radius 3 is 2.21 bits per heavy atom. The van der Waals surface area contributed by atoms with Crippen molar-refractivity contribution in [3.05, 3.63) is 48.0 Å². The van der Waals surface area contributed by atoms with Crippen LogP contribution in [0.5, 0.6) is 5.75 Å². The maximum atomic E-state index is 12.9. The number of anilines is 1. The molecule has 0 spiro atoms. The second kappa shape index (κ2) is 5.05. The molecule has 0 aliphatic heterocycles. The van der Waals surface area contributed by atoms with Crippen LogP contribution in [-0.4, -0.2) is 5.11 Å². The zero-order valence-electron chi connectivity index (χ0n) is 9.61. The zero-order valence-corrected chi connectivity index (χ0v) is 10.4. The molecule has 0 aliphatic carbocycles. The summed E-state index contributed by atoms with van der Waals surface area (Å²) in [5, 5.41) is 9.14. The van der Waals surface area contributed by atoms with Crippen LogP contribution >= 0.6 is 11.8 Å². The third-order valence-corrected chi connectivity index (χ3v) is 3.46. The van der Waals surface area contributed by atoms with E-state index in [0.29, 0.717) is 4.90 Å². The van der Waals surface area contributed by atoms with Gasteiger partial charge in [0.25, 0.3) is 0 Å². The van der Waals surface area contributed by atoms with Crippen LogP contribution in [0.15, 0.2) is 52.3 Å². The van der Waals surface area contributed by atoms with E-state index >= 15 is 0 Å². The maximum absolute atomic E-state index is 12.9. The quantitative estimate of drug-likeness (QED) is 0.815. The molecule has 2 aromatic carbocycles. The van der Waals surface area contributed by atoms with Crippen LogP contribution in [-0.2, 0) is 6.18 Å². The lowest BCUT2D eigenvalue weighted by atomic mass is 10.2. The SMILES string of the molecule is Nc1ccc(Sc2ccc(O)cc2)c(C(F)(F)F)c1. The van der Waals surface area contributed by atoms with E-state index in [2.05, 4.69) is 0 Å². The fourth-order valence-corrected chi connectivity index (χ4v) is 2.45. The van der Waals surface area contributed by atoms with Crippen LogP contribution in [0.2, 0.25) is 0 Å². The van der Waals surface area contributed by atoms with E-state index < -0.39 is 11.7 Å². The van der Waals surface area contributed by atoms with Crippen molar-refractivity contribution in [2.75, 3.05) is 5.73 Å². The predicted molar refractivity (Wildman–Crippen MR) is 68.1 cm³/mol. The Kier molecular flexibility index (Phi) is 3.61. The minimum absolute atomic E-state index is 0.0673. The second-order valence-electron chi connectivity index (χ2n) is 3.85. The molecule has 19 heavy (non-hydrogen) atoms. The fraction of sp³-hybridized carbons (Fsp3) is 0.0769. The van der Waals surface area contributed by atoms with Gasteiger partial charge in [-0.3, -0.25) is 0 Å². The van der Waals surface area contributed by atoms with Gasteiger partial charge in [-0.05, 0) is 42.5 Å². The number of aromatic hydroxyl groups is 1. The smallest absolute Gasteiger partial charge is 0.417 e. The Labute approximate surface area is 112 Å². The van der Waals surface area contributed by atoms with Crippen molar-refractivity contribution in [2.45, 2.75) is 16.0 Å². The average molecular weight is 285 g/mol. The Balaban J connectivity index is 2.37. The number of hydrogen-bond acceptors (Lipinski definition) is 3. The molecule has 0 aromatic heterocycles. The first kappa shape index (κ1) is 13.6. The molecule has 0 aliphatic rings. The Bertz CT molecular complexity index is 581. The highest BCUT2D eigenvalue weighted by atomic mass is 32.2. The number of phenolic OH excluding ortho intramolecular Hbond substituents is 1. The van der Waals surface area contributed by atoms with Gasteiger partial charge in [0, 0.05) is 15.5 Å². The van der Waals surface area contributed by atoms with Crippen LogP contribution in [0.3, 0.4) is 0 Å². The van der Waals surface area contributed by atoms with Gasteiger partial charge in [-0.2, -0.15) is 13.2 Å². The normalized spacial score (nSPS) is 11.5. The van der Waals surface area contributed by atoms with E-state index in [0.717, 1.165) is 17.8 Å². The minimum atomic E-state index is -4.45. The molecule has 2 aromatic rings. The first-order chi connectivity index (χ1) is 8.86. The highest BCUT2D eigenvalue weighted by molar-refractivity contribution is 7.99. The lowest BCUT2D eigenvalue weighted by molar-refractivity contribution is -0.139. The lowest BCUT2D eigenvalue weighted by Gasteiger charge is -2.13. The average Bonchev–Trinajstić information content (AvgIpc) is 2.33. The first-order valence-corrected chi connectivity index (χ1v) is 6.11. The summed E-state index contributed by atoms with van der Waals surface area (Å²) in [6.07, 6.45) is -4.45. The van der Waals surface area contributed by atoms with Gasteiger partial charge in [0.15, 0.2) is 0 Å². The monoisotopic (exact) mass is 285 g/mol. The van der Waals surface area contributed by atoms with E-state index in [1.54, 1.807) is 12.1 Å². The molecule has 0 radical (unpaired) electrons. The minimum Gasteiger partial charge on any atom is -0.508 e. The van der Waals surface area contributed by atoms with E-state index in [-0.39, 0.29) is 16.3 Å². The van der Waals surface area contributed by atoms with Crippen molar-refractivity contribution in [3.63, 3.8) is 0 Å². The molecule has 3 N–H and O–H groups in total. The van der Waals surface area contributed by atoms with Gasteiger partial charge in [-0.15, -0.1) is 0 Å². The van der Waals surface area contributed by atoms with Gasteiger partial charge in [0.2, 0.25) is 0 Å². The predicted octanol–water partition coefficient (Wildman–Crippen LogP) is 4.14. The molecule has 0 saturated heterocycles. The topological polar surface area (TPSA) is 46.2 Å². The van der Waals surface area contributed by atoms with E-state index in [1.807, 2.05) is 0 Å². The molecular weight excluding hydrogens is 275 g/mol. The van der Waals surface area contributed by atoms with Gasteiger partial charge in [0.05, 0.1) is 5.56 Å². The number of rotatable bonds is 2. The summed E-state index contributed by atoms with van der Waals surface area (Å²) in [4.78, 5) is 0.681. The van der Waals surface area contributed by atoms with Gasteiger partial charge >= 0.3 is 6.18 Å². The summed E-state index contributed by atoms with van der Waals surface area (Å²) >= 11 is 0.972. The number of halogens is 3. The molecular formula is C13H10F3NOS. The number of hydrogen-bond donors (Lipinski definition) is 2. The van der Waals surface area contributed by atoms with Gasteiger partial charge < -0.3 is 10.8 Å². The molecule has 0 bridgehead atoms. The van der Waals surface area contributed by atoms with Crippen molar-refractivity contribution in [2.24, 2.45) is 0 Å². The van der Waals surface area contributed by atoms with Gasteiger partial charge in [-0.25, -0.2) is 0 Å². The van der Waals surface area contributed by atoms with E-state index in [4.69, 9.17) is 10.8 Å². The Morgan fingerprint density at radius 2 is 1.63 bits per heavy atom. The summed E-state index contributed by atoms with van der Waals surface area (Å²) < 4.78 is 38.7. The number of benzene rings is 2. The maximum Gasteiger partial charge on any atom is 0.417 e. The number of nitrogen functional groups attached to an aromatic ring is 1. The third kappa shape index (κ3) is 3.35. The molecule has 100 valence electrons. The van der Waals surface area contributed by atoms with Crippen LogP contribution in [0.25, 0.3) is 0 Å². The summed E-state index contributed by atoms with van der Waals surface area (Å²) in [6, 6.07) is 9.64. The van der Waals surface area contributed by atoms with E-state index in [9.17, 15) is 13.2 Å². The molecule has 0 unspecified atom stereocenters. The van der Waals surface area contributed by atoms with Crippen LogP contribution < -0.4 is 5.73 Å². The fourth-order valence-electron chi connectivity index (χ4n) is 1.50. The van der Waals surface area contributed by atoms with Crippen molar-refractivity contribution in [1.82, 2.24) is 0 Å². The number of phenols is 1. The van der Waals surface area contributed by atoms with Crippen molar-refractivity contribution >= 4 is 17.4 Å². The molecule has 0 heterocycles. The molecule has 0 atom stereocenters.